The van der Waals surface area contributed by atoms with Crippen molar-refractivity contribution in [2.45, 2.75) is 69.4 Å². The number of rotatable bonds is 3. The molecule has 6 fully saturated rings. The van der Waals surface area contributed by atoms with E-state index >= 15 is 0 Å². The number of halogens is 1. The summed E-state index contributed by atoms with van der Waals surface area (Å²) in [5.41, 5.74) is -0.315. The molecule has 2 heterocycles. The Morgan fingerprint density at radius 2 is 1.40 bits per heavy atom. The number of urea groups is 1. The molecule has 2 N–H and O–H groups in total. The first-order valence-electron chi connectivity index (χ1n) is 13.7. The first kappa shape index (κ1) is 23.3. The zero-order valence-corrected chi connectivity index (χ0v) is 20.5. The average molecular weight is 484 g/mol. The second-order valence-electron chi connectivity index (χ2n) is 12.0. The topological polar surface area (TPSA) is 72.9 Å². The van der Waals surface area contributed by atoms with Crippen molar-refractivity contribution in [3.63, 3.8) is 0 Å². The molecule has 0 atom stereocenters. The van der Waals surface area contributed by atoms with Gasteiger partial charge in [-0.25, -0.2) is 9.18 Å². The van der Waals surface area contributed by atoms with Crippen molar-refractivity contribution in [3.8, 4) is 0 Å². The molecule has 4 bridgehead atoms. The van der Waals surface area contributed by atoms with Crippen LogP contribution in [0.15, 0.2) is 24.3 Å². The molecule has 0 unspecified atom stereocenters. The third kappa shape index (κ3) is 4.45. The Morgan fingerprint density at radius 1 is 0.857 bits per heavy atom. The maximum absolute atomic E-state index is 13.3. The van der Waals surface area contributed by atoms with Crippen molar-refractivity contribution < 1.29 is 19.1 Å². The summed E-state index contributed by atoms with van der Waals surface area (Å²) in [5, 5.41) is 14.5. The Balaban J connectivity index is 0.981. The van der Waals surface area contributed by atoms with Crippen molar-refractivity contribution >= 4 is 11.9 Å². The Labute approximate surface area is 207 Å². The summed E-state index contributed by atoms with van der Waals surface area (Å²) in [6.07, 6.45) is 8.95. The lowest BCUT2D eigenvalue weighted by molar-refractivity contribution is -0.130. The van der Waals surface area contributed by atoms with E-state index in [-0.39, 0.29) is 23.7 Å². The monoisotopic (exact) mass is 483 g/mol. The van der Waals surface area contributed by atoms with Crippen LogP contribution in [-0.4, -0.2) is 59.1 Å². The molecule has 2 saturated heterocycles. The number of nitrogens with zero attached hydrogens (tertiary/aromatic N) is 2. The second kappa shape index (κ2) is 9.06. The number of nitrogens with one attached hydrogen (secondary N) is 1. The maximum Gasteiger partial charge on any atom is 0.320 e. The summed E-state index contributed by atoms with van der Waals surface area (Å²) in [6.45, 7) is 2.16. The molecular weight excluding hydrogens is 445 g/mol. The van der Waals surface area contributed by atoms with Gasteiger partial charge in [-0.2, -0.15) is 0 Å². The molecule has 35 heavy (non-hydrogen) atoms. The summed E-state index contributed by atoms with van der Waals surface area (Å²) in [7, 11) is 0. The van der Waals surface area contributed by atoms with E-state index in [0.29, 0.717) is 62.5 Å². The summed E-state index contributed by atoms with van der Waals surface area (Å²) < 4.78 is 13.3. The number of amides is 3. The highest BCUT2D eigenvalue weighted by Gasteiger charge is 2.49. The van der Waals surface area contributed by atoms with Crippen LogP contribution in [0, 0.1) is 35.4 Å². The van der Waals surface area contributed by atoms with Crippen LogP contribution in [0.1, 0.15) is 63.4 Å². The smallest absolute Gasteiger partial charge is 0.320 e. The minimum Gasteiger partial charge on any atom is -0.385 e. The average Bonchev–Trinajstić information content (AvgIpc) is 2.86. The van der Waals surface area contributed by atoms with Crippen molar-refractivity contribution in [1.29, 1.82) is 0 Å². The number of benzene rings is 1. The van der Waals surface area contributed by atoms with Gasteiger partial charge in [0.15, 0.2) is 0 Å². The van der Waals surface area contributed by atoms with Crippen LogP contribution in [-0.2, 0) is 10.4 Å². The Kier molecular flexibility index (Phi) is 6.02. The van der Waals surface area contributed by atoms with E-state index in [9.17, 15) is 19.1 Å². The van der Waals surface area contributed by atoms with Gasteiger partial charge in [0.05, 0.1) is 5.60 Å². The second-order valence-corrected chi connectivity index (χ2v) is 12.0. The van der Waals surface area contributed by atoms with Gasteiger partial charge in [-0.3, -0.25) is 4.79 Å². The van der Waals surface area contributed by atoms with Gasteiger partial charge >= 0.3 is 6.03 Å². The third-order valence-electron chi connectivity index (χ3n) is 9.91. The van der Waals surface area contributed by atoms with Crippen molar-refractivity contribution in [3.05, 3.63) is 35.6 Å². The fourth-order valence-electron chi connectivity index (χ4n) is 8.09. The number of aliphatic hydroxyl groups is 1. The highest BCUT2D eigenvalue weighted by Crippen LogP contribution is 2.53. The highest BCUT2D eigenvalue weighted by atomic mass is 19.1. The molecule has 190 valence electrons. The van der Waals surface area contributed by atoms with Gasteiger partial charge in [0.2, 0.25) is 5.91 Å². The fraction of sp³-hybridized carbons (Fsp3) is 0.714. The zero-order valence-electron chi connectivity index (χ0n) is 20.5. The lowest BCUT2D eigenvalue weighted by atomic mass is 9.54. The maximum atomic E-state index is 13.3. The minimum absolute atomic E-state index is 0.00107. The molecule has 2 aliphatic heterocycles. The first-order chi connectivity index (χ1) is 16.9. The molecule has 0 spiro atoms. The summed E-state index contributed by atoms with van der Waals surface area (Å²) >= 11 is 0. The van der Waals surface area contributed by atoms with E-state index in [1.807, 2.05) is 9.80 Å². The number of likely N-dealkylation sites (tertiary alicyclic amines) is 2. The molecule has 4 aliphatic carbocycles. The number of hydrogen-bond donors (Lipinski definition) is 2. The molecule has 1 aromatic carbocycles. The molecule has 6 nitrogen and oxygen atoms in total. The Morgan fingerprint density at radius 3 is 1.97 bits per heavy atom. The van der Waals surface area contributed by atoms with Gasteiger partial charge in [-0.1, -0.05) is 12.1 Å². The Hall–Kier alpha value is -2.15. The highest BCUT2D eigenvalue weighted by molar-refractivity contribution is 5.80. The molecular formula is C28H38FN3O3. The Bertz CT molecular complexity index is 923. The number of carbonyl (C=O) groups is 2. The van der Waals surface area contributed by atoms with Crippen molar-refractivity contribution in [2.75, 3.05) is 26.2 Å². The normalized spacial score (nSPS) is 34.2. The summed E-state index contributed by atoms with van der Waals surface area (Å²) in [6, 6.07) is 6.38. The molecule has 4 saturated carbocycles. The van der Waals surface area contributed by atoms with Crippen LogP contribution in [0.25, 0.3) is 0 Å². The standard InChI is InChI=1S/C28H38FN3O3/c29-24-3-1-23(2-4-24)28(35)7-11-32(12-8-28)27(34)31-9-5-20(6-10-31)26(33)30-25-21-14-18-13-19(16-21)17-22(25)15-18/h1-4,18-22,25,35H,5-17H2,(H,30,33). The van der Waals surface area contributed by atoms with E-state index in [1.165, 1.54) is 44.2 Å². The number of hydrogen-bond acceptors (Lipinski definition) is 3. The van der Waals surface area contributed by atoms with Crippen LogP contribution < -0.4 is 5.32 Å². The quantitative estimate of drug-likeness (QED) is 0.685. The number of piperidine rings is 2. The zero-order chi connectivity index (χ0) is 24.2. The van der Waals surface area contributed by atoms with Gasteiger partial charge in [0.25, 0.3) is 0 Å². The molecule has 7 rings (SSSR count). The molecule has 6 aliphatic rings. The SMILES string of the molecule is O=C(NC1C2CC3CC(C2)CC1C3)C1CCN(C(=O)N2CCC(O)(c3ccc(F)cc3)CC2)CC1. The van der Waals surface area contributed by atoms with Gasteiger partial charge in [-0.05, 0) is 99.2 Å². The predicted molar refractivity (Wildman–Crippen MR) is 130 cm³/mol. The minimum atomic E-state index is -1.02. The fourth-order valence-corrected chi connectivity index (χ4v) is 8.09. The summed E-state index contributed by atoms with van der Waals surface area (Å²) in [5.74, 6) is 3.06. The van der Waals surface area contributed by atoms with Gasteiger partial charge in [-0.15, -0.1) is 0 Å². The third-order valence-corrected chi connectivity index (χ3v) is 9.91. The van der Waals surface area contributed by atoms with Crippen LogP contribution in [0.5, 0.6) is 0 Å². The van der Waals surface area contributed by atoms with E-state index in [2.05, 4.69) is 5.32 Å². The lowest BCUT2D eigenvalue weighted by Gasteiger charge is -2.54. The van der Waals surface area contributed by atoms with Crippen LogP contribution in [0.4, 0.5) is 9.18 Å². The van der Waals surface area contributed by atoms with Gasteiger partial charge in [0, 0.05) is 38.1 Å². The van der Waals surface area contributed by atoms with Crippen LogP contribution in [0.2, 0.25) is 0 Å². The largest absolute Gasteiger partial charge is 0.385 e. The van der Waals surface area contributed by atoms with Crippen molar-refractivity contribution in [1.82, 2.24) is 15.1 Å². The van der Waals surface area contributed by atoms with E-state index in [1.54, 1.807) is 12.1 Å². The molecule has 0 radical (unpaired) electrons. The predicted octanol–water partition coefficient (Wildman–Crippen LogP) is 3.88. The number of carbonyl (C=O) groups excluding carboxylic acids is 2. The van der Waals surface area contributed by atoms with Crippen LogP contribution in [0.3, 0.4) is 0 Å². The molecule has 3 amide bonds. The molecule has 1 aromatic rings. The van der Waals surface area contributed by atoms with Crippen molar-refractivity contribution in [2.24, 2.45) is 29.6 Å². The van der Waals surface area contributed by atoms with Crippen LogP contribution >= 0.6 is 0 Å². The van der Waals surface area contributed by atoms with E-state index in [4.69, 9.17) is 0 Å². The van der Waals surface area contributed by atoms with E-state index in [0.717, 1.165) is 24.7 Å². The summed E-state index contributed by atoms with van der Waals surface area (Å²) in [4.78, 5) is 29.9. The lowest BCUT2D eigenvalue weighted by Crippen LogP contribution is -2.57. The molecule has 7 heteroatoms. The first-order valence-corrected chi connectivity index (χ1v) is 13.7. The van der Waals surface area contributed by atoms with Gasteiger partial charge < -0.3 is 20.2 Å². The molecule has 0 aromatic heterocycles. The van der Waals surface area contributed by atoms with E-state index < -0.39 is 5.60 Å². The van der Waals surface area contributed by atoms with Gasteiger partial charge in [0.1, 0.15) is 5.82 Å².